The minimum Gasteiger partial charge on any atom is -0.483 e. The average Bonchev–Trinajstić information content (AvgIpc) is 2.68. The molecule has 0 atom stereocenters. The van der Waals surface area contributed by atoms with Crippen molar-refractivity contribution < 1.29 is 19.4 Å². The Kier molecular flexibility index (Phi) is 5.89. The highest BCUT2D eigenvalue weighted by Gasteiger charge is 2.27. The number of rotatable bonds is 6. The van der Waals surface area contributed by atoms with Gasteiger partial charge in [-0.2, -0.15) is 0 Å². The number of carboxylic acid groups (broad SMARTS) is 1. The first-order chi connectivity index (χ1) is 12.6. The second-order valence-corrected chi connectivity index (χ2v) is 6.55. The third kappa shape index (κ3) is 4.63. The zero-order valence-corrected chi connectivity index (χ0v) is 14.6. The van der Waals surface area contributed by atoms with Crippen LogP contribution in [0.1, 0.15) is 24.0 Å². The molecular weight excluding hydrogens is 330 g/mol. The fraction of sp³-hybridized carbons (Fsp3) is 0.333. The molecule has 26 heavy (non-hydrogen) atoms. The number of piperidine rings is 1. The van der Waals surface area contributed by atoms with Crippen LogP contribution in [0.15, 0.2) is 54.6 Å². The van der Waals surface area contributed by atoms with Gasteiger partial charge in [0.15, 0.2) is 6.61 Å². The molecule has 0 aromatic heterocycles. The number of ether oxygens (including phenoxy) is 1. The molecule has 5 nitrogen and oxygen atoms in total. The molecule has 3 rings (SSSR count). The molecule has 0 spiro atoms. The molecule has 2 aromatic carbocycles. The Morgan fingerprint density at radius 2 is 1.65 bits per heavy atom. The van der Waals surface area contributed by atoms with E-state index >= 15 is 0 Å². The van der Waals surface area contributed by atoms with E-state index in [1.165, 1.54) is 5.56 Å². The van der Waals surface area contributed by atoms with Crippen LogP contribution in [0.5, 0.6) is 5.75 Å². The van der Waals surface area contributed by atoms with Crippen LogP contribution < -0.4 is 4.74 Å². The van der Waals surface area contributed by atoms with Crippen LogP contribution in [-0.4, -0.2) is 41.6 Å². The fourth-order valence-corrected chi connectivity index (χ4v) is 3.21. The van der Waals surface area contributed by atoms with Gasteiger partial charge in [0.1, 0.15) is 5.75 Å². The van der Waals surface area contributed by atoms with Crippen molar-refractivity contribution in [2.75, 3.05) is 19.7 Å². The van der Waals surface area contributed by atoms with Crippen LogP contribution in [0, 0.1) is 5.92 Å². The number of para-hydroxylation sites is 1. The van der Waals surface area contributed by atoms with E-state index in [2.05, 4.69) is 12.1 Å². The predicted molar refractivity (Wildman–Crippen MR) is 98.1 cm³/mol. The lowest BCUT2D eigenvalue weighted by Gasteiger charge is -2.30. The molecule has 1 fully saturated rings. The second-order valence-electron chi connectivity index (χ2n) is 6.55. The topological polar surface area (TPSA) is 66.8 Å². The van der Waals surface area contributed by atoms with E-state index < -0.39 is 5.97 Å². The van der Waals surface area contributed by atoms with Crippen molar-refractivity contribution in [2.45, 2.75) is 19.3 Å². The number of carbonyl (C=O) groups excluding carboxylic acids is 1. The SMILES string of the molecule is O=C(O)C1CCN(C(=O)COc2ccccc2Cc2ccccc2)CC1. The normalized spacial score (nSPS) is 14.8. The maximum absolute atomic E-state index is 12.4. The first-order valence-corrected chi connectivity index (χ1v) is 8.88. The lowest BCUT2D eigenvalue weighted by atomic mass is 9.97. The van der Waals surface area contributed by atoms with Gasteiger partial charge in [0, 0.05) is 19.5 Å². The highest BCUT2D eigenvalue weighted by Crippen LogP contribution is 2.22. The van der Waals surface area contributed by atoms with Crippen molar-refractivity contribution in [3.05, 3.63) is 65.7 Å². The van der Waals surface area contributed by atoms with Crippen molar-refractivity contribution in [1.82, 2.24) is 4.90 Å². The molecule has 0 saturated carbocycles. The van der Waals surface area contributed by atoms with Crippen LogP contribution in [0.4, 0.5) is 0 Å². The van der Waals surface area contributed by atoms with Crippen molar-refractivity contribution in [2.24, 2.45) is 5.92 Å². The van der Waals surface area contributed by atoms with Gasteiger partial charge >= 0.3 is 5.97 Å². The lowest BCUT2D eigenvalue weighted by Crippen LogP contribution is -2.42. The molecule has 2 aromatic rings. The zero-order valence-electron chi connectivity index (χ0n) is 14.6. The number of aliphatic carboxylic acids is 1. The van der Waals surface area contributed by atoms with E-state index in [4.69, 9.17) is 9.84 Å². The number of nitrogens with zero attached hydrogens (tertiary/aromatic N) is 1. The Hall–Kier alpha value is -2.82. The summed E-state index contributed by atoms with van der Waals surface area (Å²) in [4.78, 5) is 25.1. The van der Waals surface area contributed by atoms with Gasteiger partial charge in [0.05, 0.1) is 5.92 Å². The van der Waals surface area contributed by atoms with Crippen molar-refractivity contribution >= 4 is 11.9 Å². The Labute approximate surface area is 153 Å². The van der Waals surface area contributed by atoms with Crippen LogP contribution in [-0.2, 0) is 16.0 Å². The van der Waals surface area contributed by atoms with Crippen LogP contribution in [0.2, 0.25) is 0 Å². The molecule has 136 valence electrons. The summed E-state index contributed by atoms with van der Waals surface area (Å²) in [6, 6.07) is 17.9. The lowest BCUT2D eigenvalue weighted by molar-refractivity contribution is -0.146. The van der Waals surface area contributed by atoms with Gasteiger partial charge < -0.3 is 14.7 Å². The monoisotopic (exact) mass is 353 g/mol. The van der Waals surface area contributed by atoms with Crippen molar-refractivity contribution in [3.63, 3.8) is 0 Å². The summed E-state index contributed by atoms with van der Waals surface area (Å²) in [7, 11) is 0. The highest BCUT2D eigenvalue weighted by molar-refractivity contribution is 5.78. The van der Waals surface area contributed by atoms with Crippen LogP contribution in [0.3, 0.4) is 0 Å². The molecule has 0 bridgehead atoms. The Morgan fingerprint density at radius 3 is 2.35 bits per heavy atom. The minimum absolute atomic E-state index is 0.0243. The fourth-order valence-electron chi connectivity index (χ4n) is 3.21. The van der Waals surface area contributed by atoms with E-state index in [1.54, 1.807) is 4.90 Å². The Bertz CT molecular complexity index is 752. The van der Waals surface area contributed by atoms with Gasteiger partial charge in [-0.1, -0.05) is 48.5 Å². The maximum Gasteiger partial charge on any atom is 0.306 e. The van der Waals surface area contributed by atoms with Crippen LogP contribution in [0.25, 0.3) is 0 Å². The molecular formula is C21H23NO4. The van der Waals surface area contributed by atoms with E-state index in [9.17, 15) is 9.59 Å². The summed E-state index contributed by atoms with van der Waals surface area (Å²) < 4.78 is 5.79. The molecule has 5 heteroatoms. The van der Waals surface area contributed by atoms with Gasteiger partial charge in [0.2, 0.25) is 0 Å². The van der Waals surface area contributed by atoms with Gasteiger partial charge in [-0.15, -0.1) is 0 Å². The molecule has 0 aliphatic carbocycles. The molecule has 0 radical (unpaired) electrons. The summed E-state index contributed by atoms with van der Waals surface area (Å²) in [6.07, 6.45) is 1.76. The Balaban J connectivity index is 1.56. The summed E-state index contributed by atoms with van der Waals surface area (Å²) in [5.74, 6) is -0.497. The number of carboxylic acids is 1. The van der Waals surface area contributed by atoms with E-state index in [1.807, 2.05) is 42.5 Å². The second kappa shape index (κ2) is 8.52. The first-order valence-electron chi connectivity index (χ1n) is 8.88. The molecule has 1 aliphatic heterocycles. The average molecular weight is 353 g/mol. The summed E-state index contributed by atoms with van der Waals surface area (Å²) in [6.45, 7) is 0.930. The number of benzene rings is 2. The number of hydrogen-bond acceptors (Lipinski definition) is 3. The molecule has 0 unspecified atom stereocenters. The predicted octanol–water partition coefficient (Wildman–Crippen LogP) is 2.98. The van der Waals surface area contributed by atoms with Gasteiger partial charge in [-0.05, 0) is 30.0 Å². The molecule has 1 heterocycles. The zero-order chi connectivity index (χ0) is 18.4. The third-order valence-electron chi connectivity index (χ3n) is 4.76. The quantitative estimate of drug-likeness (QED) is 0.867. The van der Waals surface area contributed by atoms with Gasteiger partial charge in [0.25, 0.3) is 5.91 Å². The Morgan fingerprint density at radius 1 is 1.00 bits per heavy atom. The van der Waals surface area contributed by atoms with Gasteiger partial charge in [-0.25, -0.2) is 0 Å². The molecule has 1 N–H and O–H groups in total. The minimum atomic E-state index is -0.775. The highest BCUT2D eigenvalue weighted by atomic mass is 16.5. The van der Waals surface area contributed by atoms with E-state index in [0.717, 1.165) is 12.0 Å². The van der Waals surface area contributed by atoms with Crippen LogP contribution >= 0.6 is 0 Å². The molecule has 1 saturated heterocycles. The molecule has 1 aliphatic rings. The number of amides is 1. The smallest absolute Gasteiger partial charge is 0.306 e. The number of carbonyl (C=O) groups is 2. The van der Waals surface area contributed by atoms with E-state index in [-0.39, 0.29) is 18.4 Å². The maximum atomic E-state index is 12.4. The summed E-state index contributed by atoms with van der Waals surface area (Å²) >= 11 is 0. The largest absolute Gasteiger partial charge is 0.483 e. The number of hydrogen-bond donors (Lipinski definition) is 1. The number of likely N-dealkylation sites (tertiary alicyclic amines) is 1. The first kappa shape index (κ1) is 18.0. The van der Waals surface area contributed by atoms with Crippen molar-refractivity contribution in [3.8, 4) is 5.75 Å². The summed E-state index contributed by atoms with van der Waals surface area (Å²) in [5.41, 5.74) is 2.22. The third-order valence-corrected chi connectivity index (χ3v) is 4.76. The van der Waals surface area contributed by atoms with E-state index in [0.29, 0.717) is 31.7 Å². The standard InChI is InChI=1S/C21H23NO4/c23-20(22-12-10-17(11-13-22)21(24)25)15-26-19-9-5-4-8-18(19)14-16-6-2-1-3-7-16/h1-9,17H,10-15H2,(H,24,25). The van der Waals surface area contributed by atoms with Crippen molar-refractivity contribution in [1.29, 1.82) is 0 Å². The van der Waals surface area contributed by atoms with Gasteiger partial charge in [-0.3, -0.25) is 9.59 Å². The summed E-state index contributed by atoms with van der Waals surface area (Å²) in [5, 5.41) is 9.04. The molecule has 1 amide bonds.